The Kier molecular flexibility index (Phi) is 8.76. The fraction of sp³-hybridized carbons (Fsp3) is 0.846. The molecule has 1 aliphatic rings. The summed E-state index contributed by atoms with van der Waals surface area (Å²) in [5.74, 6) is 0.181. The van der Waals surface area contributed by atoms with Crippen molar-refractivity contribution in [2.45, 2.75) is 39.7 Å². The van der Waals surface area contributed by atoms with Crippen LogP contribution in [0.1, 0.15) is 33.6 Å². The van der Waals surface area contributed by atoms with Gasteiger partial charge in [0.25, 0.3) is 0 Å². The average Bonchev–Trinajstić information content (AvgIpc) is 2.38. The fourth-order valence-electron chi connectivity index (χ4n) is 2.30. The van der Waals surface area contributed by atoms with Crippen molar-refractivity contribution in [3.63, 3.8) is 0 Å². The van der Waals surface area contributed by atoms with E-state index in [0.29, 0.717) is 25.9 Å². The van der Waals surface area contributed by atoms with E-state index < -0.39 is 0 Å². The van der Waals surface area contributed by atoms with Crippen molar-refractivity contribution < 1.29 is 9.59 Å². The Morgan fingerprint density at radius 1 is 1.26 bits per heavy atom. The zero-order valence-electron chi connectivity index (χ0n) is 12.1. The van der Waals surface area contributed by atoms with E-state index in [2.05, 4.69) is 5.32 Å². The number of hydrogen-bond donors (Lipinski definition) is 1. The van der Waals surface area contributed by atoms with Gasteiger partial charge in [0, 0.05) is 51.6 Å². The summed E-state index contributed by atoms with van der Waals surface area (Å²) in [7, 11) is 0. The number of rotatable bonds is 5. The highest BCUT2D eigenvalue weighted by Gasteiger charge is 2.23. The van der Waals surface area contributed by atoms with Gasteiger partial charge in [-0.15, -0.1) is 12.4 Å². The molecule has 1 N–H and O–H groups in total. The molecule has 0 bridgehead atoms. The molecule has 1 saturated heterocycles. The Morgan fingerprint density at radius 2 is 1.89 bits per heavy atom. The van der Waals surface area contributed by atoms with E-state index in [4.69, 9.17) is 0 Å². The van der Waals surface area contributed by atoms with Gasteiger partial charge in [-0.3, -0.25) is 9.59 Å². The maximum atomic E-state index is 12.0. The smallest absolute Gasteiger partial charge is 0.223 e. The molecule has 6 heteroatoms. The van der Waals surface area contributed by atoms with Crippen molar-refractivity contribution in [1.82, 2.24) is 15.1 Å². The predicted molar refractivity (Wildman–Crippen MR) is 78.5 cm³/mol. The number of halogens is 1. The molecule has 0 aromatic carbocycles. The van der Waals surface area contributed by atoms with Crippen LogP contribution in [0.5, 0.6) is 0 Å². The van der Waals surface area contributed by atoms with Gasteiger partial charge in [0.15, 0.2) is 0 Å². The standard InChI is InChI=1S/C13H25N3O2.ClH/c1-4-15(5-2)12(17)6-7-13(18)16-9-8-14-10-11(16)3;/h11,14H,4-10H2,1-3H3;1H. The lowest BCUT2D eigenvalue weighted by molar-refractivity contribution is -0.138. The van der Waals surface area contributed by atoms with Gasteiger partial charge >= 0.3 is 0 Å². The van der Waals surface area contributed by atoms with Crippen LogP contribution in [-0.4, -0.2) is 60.4 Å². The first kappa shape index (κ1) is 18.2. The quantitative estimate of drug-likeness (QED) is 0.818. The molecule has 1 unspecified atom stereocenters. The summed E-state index contributed by atoms with van der Waals surface area (Å²) in [6.07, 6.45) is 0.664. The predicted octanol–water partition coefficient (Wildman–Crippen LogP) is 0.877. The first-order chi connectivity index (χ1) is 8.60. The van der Waals surface area contributed by atoms with E-state index in [1.54, 1.807) is 4.90 Å². The van der Waals surface area contributed by atoms with Gasteiger partial charge in [-0.2, -0.15) is 0 Å². The van der Waals surface area contributed by atoms with E-state index in [1.807, 2.05) is 25.7 Å². The summed E-state index contributed by atoms with van der Waals surface area (Å²) in [6.45, 7) is 9.83. The second-order valence-electron chi connectivity index (χ2n) is 4.71. The average molecular weight is 292 g/mol. The van der Waals surface area contributed by atoms with Gasteiger partial charge in [-0.05, 0) is 20.8 Å². The van der Waals surface area contributed by atoms with Gasteiger partial charge in [-0.1, -0.05) is 0 Å². The highest BCUT2D eigenvalue weighted by atomic mass is 35.5. The van der Waals surface area contributed by atoms with E-state index in [1.165, 1.54) is 0 Å². The topological polar surface area (TPSA) is 52.7 Å². The molecule has 0 aromatic heterocycles. The maximum Gasteiger partial charge on any atom is 0.223 e. The van der Waals surface area contributed by atoms with Crippen molar-refractivity contribution >= 4 is 24.2 Å². The molecule has 1 aliphatic heterocycles. The van der Waals surface area contributed by atoms with Gasteiger partial charge in [-0.25, -0.2) is 0 Å². The van der Waals surface area contributed by atoms with E-state index in [-0.39, 0.29) is 30.3 Å². The molecule has 1 rings (SSSR count). The number of nitrogens with one attached hydrogen (secondary N) is 1. The van der Waals surface area contributed by atoms with Gasteiger partial charge in [0.05, 0.1) is 0 Å². The minimum absolute atomic E-state index is 0. The molecule has 0 saturated carbocycles. The second kappa shape index (κ2) is 9.15. The van der Waals surface area contributed by atoms with Crippen molar-refractivity contribution in [3.8, 4) is 0 Å². The molecule has 0 spiro atoms. The van der Waals surface area contributed by atoms with Crippen LogP contribution in [0, 0.1) is 0 Å². The lowest BCUT2D eigenvalue weighted by Gasteiger charge is -2.34. The summed E-state index contributed by atoms with van der Waals surface area (Å²) in [4.78, 5) is 27.5. The van der Waals surface area contributed by atoms with Crippen molar-refractivity contribution in [3.05, 3.63) is 0 Å². The molecule has 1 atom stereocenters. The SMILES string of the molecule is CCN(CC)C(=O)CCC(=O)N1CCNCC1C.Cl. The normalized spacial score (nSPS) is 18.7. The summed E-state index contributed by atoms with van der Waals surface area (Å²) >= 11 is 0. The van der Waals surface area contributed by atoms with E-state index >= 15 is 0 Å². The van der Waals surface area contributed by atoms with Crippen LogP contribution in [0.4, 0.5) is 0 Å². The monoisotopic (exact) mass is 291 g/mol. The Labute approximate surface area is 122 Å². The number of hydrogen-bond acceptors (Lipinski definition) is 3. The maximum absolute atomic E-state index is 12.0. The molecule has 0 aliphatic carbocycles. The molecule has 0 radical (unpaired) electrons. The molecule has 1 heterocycles. The van der Waals surface area contributed by atoms with Crippen molar-refractivity contribution in [2.75, 3.05) is 32.7 Å². The van der Waals surface area contributed by atoms with Crippen LogP contribution in [0.15, 0.2) is 0 Å². The third-order valence-electron chi connectivity index (χ3n) is 3.49. The molecule has 2 amide bonds. The minimum atomic E-state index is 0. The number of amides is 2. The minimum Gasteiger partial charge on any atom is -0.343 e. The van der Waals surface area contributed by atoms with Gasteiger partial charge < -0.3 is 15.1 Å². The highest BCUT2D eigenvalue weighted by Crippen LogP contribution is 2.07. The van der Waals surface area contributed by atoms with E-state index in [0.717, 1.165) is 19.6 Å². The Hall–Kier alpha value is -0.810. The molecule has 19 heavy (non-hydrogen) atoms. The Morgan fingerprint density at radius 3 is 2.42 bits per heavy atom. The van der Waals surface area contributed by atoms with Gasteiger partial charge in [0.1, 0.15) is 0 Å². The first-order valence-corrected chi connectivity index (χ1v) is 6.88. The van der Waals surface area contributed by atoms with Crippen LogP contribution in [0.25, 0.3) is 0 Å². The van der Waals surface area contributed by atoms with Crippen LogP contribution in [0.3, 0.4) is 0 Å². The molecule has 5 nitrogen and oxygen atoms in total. The highest BCUT2D eigenvalue weighted by molar-refractivity contribution is 5.85. The summed E-state index contributed by atoms with van der Waals surface area (Å²) in [5.41, 5.74) is 0. The fourth-order valence-corrected chi connectivity index (χ4v) is 2.30. The third kappa shape index (κ3) is 5.37. The Balaban J connectivity index is 0.00000324. The number of carbonyl (C=O) groups is 2. The lowest BCUT2D eigenvalue weighted by atomic mass is 10.1. The van der Waals surface area contributed by atoms with Crippen LogP contribution in [-0.2, 0) is 9.59 Å². The summed E-state index contributed by atoms with van der Waals surface area (Å²) in [6, 6.07) is 0.231. The number of carbonyl (C=O) groups excluding carboxylic acids is 2. The largest absolute Gasteiger partial charge is 0.343 e. The lowest BCUT2D eigenvalue weighted by Crippen LogP contribution is -2.52. The Bertz CT molecular complexity index is 296. The molecule has 0 aromatic rings. The zero-order chi connectivity index (χ0) is 13.5. The van der Waals surface area contributed by atoms with Crippen molar-refractivity contribution in [2.24, 2.45) is 0 Å². The van der Waals surface area contributed by atoms with E-state index in [9.17, 15) is 9.59 Å². The second-order valence-corrected chi connectivity index (χ2v) is 4.71. The molecule has 112 valence electrons. The number of piperazine rings is 1. The summed E-state index contributed by atoms with van der Waals surface area (Å²) in [5, 5.41) is 3.25. The zero-order valence-corrected chi connectivity index (χ0v) is 13.0. The molecular formula is C13H26ClN3O2. The van der Waals surface area contributed by atoms with Crippen LogP contribution >= 0.6 is 12.4 Å². The molecule has 1 fully saturated rings. The molecular weight excluding hydrogens is 266 g/mol. The first-order valence-electron chi connectivity index (χ1n) is 6.88. The van der Waals surface area contributed by atoms with Crippen LogP contribution < -0.4 is 5.32 Å². The third-order valence-corrected chi connectivity index (χ3v) is 3.49. The van der Waals surface area contributed by atoms with Gasteiger partial charge in [0.2, 0.25) is 11.8 Å². The summed E-state index contributed by atoms with van der Waals surface area (Å²) < 4.78 is 0. The van der Waals surface area contributed by atoms with Crippen LogP contribution in [0.2, 0.25) is 0 Å². The number of nitrogens with zero attached hydrogens (tertiary/aromatic N) is 2. The van der Waals surface area contributed by atoms with Crippen molar-refractivity contribution in [1.29, 1.82) is 0 Å².